The topological polar surface area (TPSA) is 101 Å². The summed E-state index contributed by atoms with van der Waals surface area (Å²) in [6.45, 7) is 3.04. The number of aliphatic hydroxyl groups is 1. The Morgan fingerprint density at radius 1 is 1.29 bits per heavy atom. The first kappa shape index (κ1) is 20.4. The Morgan fingerprint density at radius 2 is 1.88 bits per heavy atom. The van der Waals surface area contributed by atoms with Crippen molar-refractivity contribution >= 4 is 18.3 Å². The van der Waals surface area contributed by atoms with E-state index >= 15 is 0 Å². The van der Waals surface area contributed by atoms with Crippen molar-refractivity contribution in [1.29, 1.82) is 0 Å². The van der Waals surface area contributed by atoms with E-state index in [0.717, 1.165) is 25.8 Å². The number of hydrogen-bond donors (Lipinski definition) is 2. The highest BCUT2D eigenvalue weighted by Crippen LogP contribution is 2.31. The van der Waals surface area contributed by atoms with E-state index in [4.69, 9.17) is 9.90 Å². The van der Waals surface area contributed by atoms with E-state index < -0.39 is 0 Å². The van der Waals surface area contributed by atoms with Crippen LogP contribution in [0, 0.1) is 5.41 Å². The third-order valence-corrected chi connectivity index (χ3v) is 4.66. The maximum Gasteiger partial charge on any atom is 0.290 e. The van der Waals surface area contributed by atoms with E-state index in [1.807, 2.05) is 19.0 Å². The number of carboxylic acid groups (broad SMARTS) is 1. The molecular formula is C16H29N3O5. The molecule has 0 aromatic rings. The van der Waals surface area contributed by atoms with Crippen LogP contribution in [0.1, 0.15) is 25.7 Å². The van der Waals surface area contributed by atoms with Gasteiger partial charge >= 0.3 is 0 Å². The first-order valence-corrected chi connectivity index (χ1v) is 8.26. The smallest absolute Gasteiger partial charge is 0.290 e. The van der Waals surface area contributed by atoms with Crippen molar-refractivity contribution in [2.75, 3.05) is 53.4 Å². The van der Waals surface area contributed by atoms with E-state index in [-0.39, 0.29) is 36.9 Å². The van der Waals surface area contributed by atoms with Crippen LogP contribution in [0.2, 0.25) is 0 Å². The minimum absolute atomic E-state index is 0.0432. The first-order chi connectivity index (χ1) is 11.4. The van der Waals surface area contributed by atoms with Gasteiger partial charge in [0.25, 0.3) is 6.47 Å². The molecule has 2 N–H and O–H groups in total. The lowest BCUT2D eigenvalue weighted by atomic mass is 9.78. The summed E-state index contributed by atoms with van der Waals surface area (Å²) in [6.07, 6.45) is 3.08. The van der Waals surface area contributed by atoms with Gasteiger partial charge in [-0.25, -0.2) is 0 Å². The van der Waals surface area contributed by atoms with Crippen LogP contribution in [0.15, 0.2) is 0 Å². The molecule has 2 rings (SSSR count). The molecule has 0 aliphatic carbocycles. The lowest BCUT2D eigenvalue weighted by molar-refractivity contribution is -0.140. The standard InChI is InChI=1S/C15H27N3O3.CH2O2/c1-16(2)11-15(12-19)5-8-17(9-6-15)14(21)10-18-7-3-4-13(18)20;2-1-3/h19H,3-12H2,1-2H3;1H,(H,2,3). The van der Waals surface area contributed by atoms with Crippen LogP contribution in [0.4, 0.5) is 0 Å². The van der Waals surface area contributed by atoms with E-state index in [0.29, 0.717) is 26.1 Å². The van der Waals surface area contributed by atoms with Crippen molar-refractivity contribution in [2.24, 2.45) is 5.41 Å². The molecule has 0 radical (unpaired) electrons. The zero-order valence-electron chi connectivity index (χ0n) is 14.6. The highest BCUT2D eigenvalue weighted by Gasteiger charge is 2.36. The Bertz CT molecular complexity index is 433. The van der Waals surface area contributed by atoms with Gasteiger partial charge in [0.1, 0.15) is 0 Å². The Labute approximate surface area is 143 Å². The van der Waals surface area contributed by atoms with Crippen molar-refractivity contribution in [3.8, 4) is 0 Å². The third kappa shape index (κ3) is 5.76. The average molecular weight is 343 g/mol. The van der Waals surface area contributed by atoms with Gasteiger partial charge in [0.15, 0.2) is 0 Å². The molecule has 8 nitrogen and oxygen atoms in total. The molecule has 2 aliphatic heterocycles. The maximum atomic E-state index is 12.3. The molecule has 0 aromatic heterocycles. The second kappa shape index (κ2) is 9.58. The van der Waals surface area contributed by atoms with Crippen LogP contribution in [0.5, 0.6) is 0 Å². The van der Waals surface area contributed by atoms with Gasteiger partial charge in [-0.15, -0.1) is 0 Å². The molecule has 2 aliphatic rings. The van der Waals surface area contributed by atoms with Crippen LogP contribution >= 0.6 is 0 Å². The van der Waals surface area contributed by atoms with Crippen molar-refractivity contribution < 1.29 is 24.6 Å². The van der Waals surface area contributed by atoms with Gasteiger partial charge < -0.3 is 24.9 Å². The van der Waals surface area contributed by atoms with Crippen molar-refractivity contribution in [3.05, 3.63) is 0 Å². The largest absolute Gasteiger partial charge is 0.483 e. The highest BCUT2D eigenvalue weighted by atomic mass is 16.3. The van der Waals surface area contributed by atoms with Gasteiger partial charge in [-0.05, 0) is 33.4 Å². The van der Waals surface area contributed by atoms with Crippen LogP contribution in [0.25, 0.3) is 0 Å². The molecule has 2 heterocycles. The summed E-state index contributed by atoms with van der Waals surface area (Å²) in [6, 6.07) is 0. The monoisotopic (exact) mass is 343 g/mol. The number of aliphatic hydroxyl groups excluding tert-OH is 1. The molecule has 0 aromatic carbocycles. The number of hydrogen-bond acceptors (Lipinski definition) is 5. The van der Waals surface area contributed by atoms with Crippen LogP contribution in [-0.2, 0) is 14.4 Å². The van der Waals surface area contributed by atoms with Gasteiger partial charge in [-0.1, -0.05) is 0 Å². The summed E-state index contributed by atoms with van der Waals surface area (Å²) >= 11 is 0. The minimum atomic E-state index is -0.250. The third-order valence-electron chi connectivity index (χ3n) is 4.66. The summed E-state index contributed by atoms with van der Waals surface area (Å²) in [5.41, 5.74) is -0.0935. The summed E-state index contributed by atoms with van der Waals surface area (Å²) < 4.78 is 0. The van der Waals surface area contributed by atoms with E-state index in [1.165, 1.54) is 0 Å². The van der Waals surface area contributed by atoms with E-state index in [2.05, 4.69) is 4.90 Å². The Balaban J connectivity index is 0.000000891. The molecule has 2 saturated heterocycles. The number of carbonyl (C=O) groups is 3. The number of carbonyl (C=O) groups excluding carboxylic acids is 2. The molecule has 0 atom stereocenters. The Hall–Kier alpha value is -1.67. The van der Waals surface area contributed by atoms with Crippen LogP contribution in [0.3, 0.4) is 0 Å². The van der Waals surface area contributed by atoms with Gasteiger partial charge in [-0.2, -0.15) is 0 Å². The highest BCUT2D eigenvalue weighted by molar-refractivity contribution is 5.85. The van der Waals surface area contributed by atoms with E-state index in [1.54, 1.807) is 4.90 Å². The molecule has 24 heavy (non-hydrogen) atoms. The first-order valence-electron chi connectivity index (χ1n) is 8.26. The number of piperidine rings is 1. The molecule has 0 saturated carbocycles. The number of rotatable bonds is 5. The number of amides is 2. The predicted octanol–water partition coefficient (Wildman–Crippen LogP) is -0.528. The molecule has 138 valence electrons. The molecule has 2 amide bonds. The lowest BCUT2D eigenvalue weighted by Gasteiger charge is -2.42. The van der Waals surface area contributed by atoms with E-state index in [9.17, 15) is 14.7 Å². The molecule has 8 heteroatoms. The number of likely N-dealkylation sites (tertiary alicyclic amines) is 2. The molecule has 2 fully saturated rings. The molecule has 0 bridgehead atoms. The summed E-state index contributed by atoms with van der Waals surface area (Å²) in [7, 11) is 4.02. The second-order valence-electron chi connectivity index (χ2n) is 6.80. The summed E-state index contributed by atoms with van der Waals surface area (Å²) in [5, 5.41) is 16.6. The Kier molecular flexibility index (Phi) is 8.14. The quantitative estimate of drug-likeness (QED) is 0.651. The fourth-order valence-electron chi connectivity index (χ4n) is 3.40. The van der Waals surface area contributed by atoms with Crippen LogP contribution in [-0.4, -0.2) is 96.6 Å². The van der Waals surface area contributed by atoms with Crippen molar-refractivity contribution in [2.45, 2.75) is 25.7 Å². The maximum absolute atomic E-state index is 12.3. The van der Waals surface area contributed by atoms with Gasteiger partial charge in [0.05, 0.1) is 13.2 Å². The molecule has 0 unspecified atom stereocenters. The van der Waals surface area contributed by atoms with Crippen molar-refractivity contribution in [3.63, 3.8) is 0 Å². The molecule has 0 spiro atoms. The SMILES string of the molecule is CN(C)CC1(CO)CCN(C(=O)CN2CCCC2=O)CC1.O=CO. The molecular weight excluding hydrogens is 314 g/mol. The minimum Gasteiger partial charge on any atom is -0.483 e. The van der Waals surface area contributed by atoms with Crippen molar-refractivity contribution in [1.82, 2.24) is 14.7 Å². The van der Waals surface area contributed by atoms with Crippen LogP contribution < -0.4 is 0 Å². The van der Waals surface area contributed by atoms with Gasteiger partial charge in [0.2, 0.25) is 11.8 Å². The zero-order valence-corrected chi connectivity index (χ0v) is 14.6. The fraction of sp³-hybridized carbons (Fsp3) is 0.812. The summed E-state index contributed by atoms with van der Waals surface area (Å²) in [4.78, 5) is 37.8. The normalized spacial score (nSPS) is 19.9. The lowest BCUT2D eigenvalue weighted by Crippen LogP contribution is -2.50. The van der Waals surface area contributed by atoms with Gasteiger partial charge in [-0.3, -0.25) is 14.4 Å². The zero-order chi connectivity index (χ0) is 18.2. The second-order valence-corrected chi connectivity index (χ2v) is 6.80. The number of nitrogens with zero attached hydrogens (tertiary/aromatic N) is 3. The van der Waals surface area contributed by atoms with Gasteiger partial charge in [0, 0.05) is 38.0 Å². The average Bonchev–Trinajstić information content (AvgIpc) is 2.93. The fourth-order valence-corrected chi connectivity index (χ4v) is 3.40. The predicted molar refractivity (Wildman–Crippen MR) is 88.4 cm³/mol. The summed E-state index contributed by atoms with van der Waals surface area (Å²) in [5.74, 6) is 0.138. The Morgan fingerprint density at radius 3 is 2.29 bits per heavy atom.